The van der Waals surface area contributed by atoms with E-state index in [9.17, 15) is 4.79 Å². The van der Waals surface area contributed by atoms with Gasteiger partial charge in [-0.25, -0.2) is 0 Å². The number of epoxide rings is 1. The Morgan fingerprint density at radius 1 is 0.839 bits per heavy atom. The van der Waals surface area contributed by atoms with Crippen molar-refractivity contribution in [2.75, 3.05) is 21.3 Å². The van der Waals surface area contributed by atoms with Crippen LogP contribution >= 0.6 is 0 Å². The SMILES string of the molecule is COc1cc(OC)c([C@@H]2O[C@@H]2C(=O)c2ccccc2OCc2ccccc2)c(OC)c1. The summed E-state index contributed by atoms with van der Waals surface area (Å²) in [4.78, 5) is 13.2. The van der Waals surface area contributed by atoms with E-state index in [2.05, 4.69) is 0 Å². The van der Waals surface area contributed by atoms with Gasteiger partial charge in [0.15, 0.2) is 11.9 Å². The molecule has 0 amide bonds. The second-order valence-corrected chi connectivity index (χ2v) is 7.06. The van der Waals surface area contributed by atoms with Gasteiger partial charge in [0.25, 0.3) is 0 Å². The van der Waals surface area contributed by atoms with E-state index in [1.54, 1.807) is 45.6 Å². The first-order valence-corrected chi connectivity index (χ1v) is 9.91. The maximum Gasteiger partial charge on any atom is 0.198 e. The molecule has 1 fully saturated rings. The standard InChI is InChI=1S/C25H24O6/c1-27-17-13-20(28-2)22(21(14-17)29-3)24-25(31-24)23(26)18-11-7-8-12-19(18)30-15-16-9-5-4-6-10-16/h4-14,24-25H,15H2,1-3H3/t24-,25+/m0/s1. The van der Waals surface area contributed by atoms with Gasteiger partial charge in [0.2, 0.25) is 0 Å². The Balaban J connectivity index is 1.55. The Bertz CT molecular complexity index is 1040. The van der Waals surface area contributed by atoms with Gasteiger partial charge in [0.1, 0.15) is 35.7 Å². The zero-order chi connectivity index (χ0) is 21.8. The predicted molar refractivity (Wildman–Crippen MR) is 115 cm³/mol. The van der Waals surface area contributed by atoms with Gasteiger partial charge in [-0.05, 0) is 17.7 Å². The van der Waals surface area contributed by atoms with Gasteiger partial charge in [0.05, 0.1) is 32.5 Å². The molecule has 2 atom stereocenters. The third kappa shape index (κ3) is 4.34. The van der Waals surface area contributed by atoms with Crippen molar-refractivity contribution in [3.05, 3.63) is 83.4 Å². The summed E-state index contributed by atoms with van der Waals surface area (Å²) in [5.74, 6) is 2.07. The quantitative estimate of drug-likeness (QED) is 0.372. The average molecular weight is 420 g/mol. The van der Waals surface area contributed by atoms with E-state index in [4.69, 9.17) is 23.7 Å². The fourth-order valence-electron chi connectivity index (χ4n) is 3.53. The molecular weight excluding hydrogens is 396 g/mol. The van der Waals surface area contributed by atoms with Crippen LogP contribution in [0.25, 0.3) is 0 Å². The molecule has 0 aromatic heterocycles. The van der Waals surface area contributed by atoms with Crippen molar-refractivity contribution in [3.8, 4) is 23.0 Å². The molecule has 3 aromatic carbocycles. The number of hydrogen-bond acceptors (Lipinski definition) is 6. The lowest BCUT2D eigenvalue weighted by molar-refractivity contribution is 0.0949. The molecule has 1 saturated heterocycles. The number of rotatable bonds is 9. The number of Topliss-reactive ketones (excluding diaryl/α,β-unsaturated/α-hetero) is 1. The molecule has 0 spiro atoms. The molecule has 6 heteroatoms. The predicted octanol–water partition coefficient (Wildman–Crippen LogP) is 4.61. The van der Waals surface area contributed by atoms with Gasteiger partial charge in [-0.1, -0.05) is 42.5 Å². The summed E-state index contributed by atoms with van der Waals surface area (Å²) in [6.45, 7) is 0.375. The van der Waals surface area contributed by atoms with Crippen LogP contribution in [0.3, 0.4) is 0 Å². The van der Waals surface area contributed by atoms with Crippen molar-refractivity contribution in [2.45, 2.75) is 18.8 Å². The number of benzene rings is 3. The van der Waals surface area contributed by atoms with E-state index >= 15 is 0 Å². The molecule has 4 rings (SSSR count). The summed E-state index contributed by atoms with van der Waals surface area (Å²) in [6.07, 6.45) is -1.11. The Labute approximate surface area is 181 Å². The van der Waals surface area contributed by atoms with E-state index in [0.717, 1.165) is 5.56 Å². The van der Waals surface area contributed by atoms with E-state index in [0.29, 0.717) is 40.7 Å². The number of methoxy groups -OCH3 is 3. The van der Waals surface area contributed by atoms with Crippen LogP contribution < -0.4 is 18.9 Å². The first-order valence-electron chi connectivity index (χ1n) is 9.91. The van der Waals surface area contributed by atoms with Crippen molar-refractivity contribution in [3.63, 3.8) is 0 Å². The van der Waals surface area contributed by atoms with Gasteiger partial charge in [-0.15, -0.1) is 0 Å². The summed E-state index contributed by atoms with van der Waals surface area (Å²) in [5.41, 5.74) is 2.20. The molecule has 0 bridgehead atoms. The summed E-state index contributed by atoms with van der Waals surface area (Å²) in [6, 6.07) is 20.5. The minimum absolute atomic E-state index is 0.145. The number of carbonyl (C=O) groups is 1. The highest BCUT2D eigenvalue weighted by atomic mass is 16.6. The minimum atomic E-state index is -0.641. The topological polar surface area (TPSA) is 66.5 Å². The Morgan fingerprint density at radius 2 is 1.48 bits per heavy atom. The van der Waals surface area contributed by atoms with Gasteiger partial charge in [-0.2, -0.15) is 0 Å². The van der Waals surface area contributed by atoms with E-state index in [1.165, 1.54) is 0 Å². The van der Waals surface area contributed by atoms with Gasteiger partial charge in [0, 0.05) is 12.1 Å². The molecule has 31 heavy (non-hydrogen) atoms. The molecule has 0 N–H and O–H groups in total. The van der Waals surface area contributed by atoms with Crippen molar-refractivity contribution in [1.82, 2.24) is 0 Å². The molecule has 160 valence electrons. The van der Waals surface area contributed by atoms with Crippen LogP contribution in [0.4, 0.5) is 0 Å². The second kappa shape index (κ2) is 9.10. The molecule has 6 nitrogen and oxygen atoms in total. The molecular formula is C25H24O6. The lowest BCUT2D eigenvalue weighted by Crippen LogP contribution is -2.11. The lowest BCUT2D eigenvalue weighted by atomic mass is 10.0. The van der Waals surface area contributed by atoms with Crippen molar-refractivity contribution in [1.29, 1.82) is 0 Å². The molecule has 1 heterocycles. The van der Waals surface area contributed by atoms with Crippen LogP contribution in [0, 0.1) is 0 Å². The molecule has 3 aromatic rings. The number of ketones is 1. The van der Waals surface area contributed by atoms with Crippen LogP contribution in [0.5, 0.6) is 23.0 Å². The van der Waals surface area contributed by atoms with Crippen molar-refractivity contribution >= 4 is 5.78 Å². The van der Waals surface area contributed by atoms with Crippen LogP contribution in [-0.2, 0) is 11.3 Å². The first kappa shape index (κ1) is 20.8. The highest BCUT2D eigenvalue weighted by molar-refractivity contribution is 6.03. The largest absolute Gasteiger partial charge is 0.496 e. The normalized spacial score (nSPS) is 17.0. The van der Waals surface area contributed by atoms with Crippen LogP contribution in [0.2, 0.25) is 0 Å². The van der Waals surface area contributed by atoms with Gasteiger partial charge in [-0.3, -0.25) is 4.79 Å². The molecule has 1 aliphatic heterocycles. The van der Waals surface area contributed by atoms with Crippen LogP contribution in [0.1, 0.15) is 27.6 Å². The third-order valence-electron chi connectivity index (χ3n) is 5.18. The van der Waals surface area contributed by atoms with Gasteiger partial charge < -0.3 is 23.7 Å². The Kier molecular flexibility index (Phi) is 6.09. The second-order valence-electron chi connectivity index (χ2n) is 7.06. The van der Waals surface area contributed by atoms with Crippen LogP contribution in [-0.4, -0.2) is 33.2 Å². The van der Waals surface area contributed by atoms with Crippen molar-refractivity contribution in [2.24, 2.45) is 0 Å². The highest BCUT2D eigenvalue weighted by Gasteiger charge is 2.50. The molecule has 1 aliphatic rings. The Hall–Kier alpha value is -3.51. The zero-order valence-corrected chi connectivity index (χ0v) is 17.7. The number of ether oxygens (including phenoxy) is 5. The highest BCUT2D eigenvalue weighted by Crippen LogP contribution is 2.50. The van der Waals surface area contributed by atoms with E-state index < -0.39 is 12.2 Å². The fraction of sp³-hybridized carbons (Fsp3) is 0.240. The smallest absolute Gasteiger partial charge is 0.198 e. The third-order valence-corrected chi connectivity index (χ3v) is 5.18. The Morgan fingerprint density at radius 3 is 2.13 bits per heavy atom. The maximum absolute atomic E-state index is 13.2. The van der Waals surface area contributed by atoms with Crippen LogP contribution in [0.15, 0.2) is 66.7 Å². The van der Waals surface area contributed by atoms with Crippen molar-refractivity contribution < 1.29 is 28.5 Å². The summed E-state index contributed by atoms with van der Waals surface area (Å²) in [7, 11) is 4.69. The first-order chi connectivity index (χ1) is 15.2. The molecule has 0 radical (unpaired) electrons. The molecule has 0 aliphatic carbocycles. The zero-order valence-electron chi connectivity index (χ0n) is 17.7. The number of hydrogen-bond donors (Lipinski definition) is 0. The molecule has 0 saturated carbocycles. The minimum Gasteiger partial charge on any atom is -0.496 e. The maximum atomic E-state index is 13.2. The number of para-hydroxylation sites is 1. The summed E-state index contributed by atoms with van der Waals surface area (Å²) < 4.78 is 28.0. The van der Waals surface area contributed by atoms with E-state index in [1.807, 2.05) is 42.5 Å². The summed E-state index contributed by atoms with van der Waals surface area (Å²) in [5, 5.41) is 0. The molecule has 0 unspecified atom stereocenters. The summed E-state index contributed by atoms with van der Waals surface area (Å²) >= 11 is 0. The fourth-order valence-corrected chi connectivity index (χ4v) is 3.53. The lowest BCUT2D eigenvalue weighted by Gasteiger charge is -2.14. The average Bonchev–Trinajstić information content (AvgIpc) is 3.62. The van der Waals surface area contributed by atoms with Gasteiger partial charge >= 0.3 is 0 Å². The van der Waals surface area contributed by atoms with E-state index in [-0.39, 0.29) is 5.78 Å². The monoisotopic (exact) mass is 420 g/mol. The number of carbonyl (C=O) groups excluding carboxylic acids is 1.